The molecule has 0 bridgehead atoms. The summed E-state index contributed by atoms with van der Waals surface area (Å²) in [7, 11) is 0. The Hall–Kier alpha value is -5.13. The third kappa shape index (κ3) is 4.70. The van der Waals surface area contributed by atoms with Gasteiger partial charge in [-0.15, -0.1) is 11.3 Å². The van der Waals surface area contributed by atoms with Crippen LogP contribution in [0, 0.1) is 12.7 Å². The number of hydrogen-bond donors (Lipinski definition) is 0. The van der Waals surface area contributed by atoms with Gasteiger partial charge in [0.25, 0.3) is 0 Å². The van der Waals surface area contributed by atoms with E-state index in [1.54, 1.807) is 35.6 Å². The van der Waals surface area contributed by atoms with E-state index in [9.17, 15) is 0 Å². The van der Waals surface area contributed by atoms with Crippen molar-refractivity contribution in [2.45, 2.75) is 33.0 Å². The Morgan fingerprint density at radius 2 is 1.54 bits per heavy atom. The van der Waals surface area contributed by atoms with Gasteiger partial charge in [-0.3, -0.25) is 9.55 Å². The lowest BCUT2D eigenvalue weighted by molar-refractivity contribution is 0.587. The molecule has 224 valence electrons. The van der Waals surface area contributed by atoms with Crippen LogP contribution in [0.5, 0.6) is 0 Å². The van der Waals surface area contributed by atoms with E-state index in [0.717, 1.165) is 65.2 Å². The molecular weight excluding hydrogens is 586 g/mol. The number of pyridine rings is 1. The van der Waals surface area contributed by atoms with Crippen LogP contribution in [0.1, 0.15) is 36.0 Å². The van der Waals surface area contributed by atoms with Gasteiger partial charge in [-0.2, -0.15) is 0 Å². The summed E-state index contributed by atoms with van der Waals surface area (Å²) < 4.78 is 42.4. The molecule has 8 aromatic rings. The number of benzene rings is 5. The minimum absolute atomic E-state index is 0.229. The summed E-state index contributed by atoms with van der Waals surface area (Å²) in [5.74, 6) is 0.408. The predicted octanol–water partition coefficient (Wildman–Crippen LogP) is 11.5. The Bertz CT molecular complexity index is 2530. The number of fused-ring (bicyclic) bond motifs is 4. The minimum Gasteiger partial charge on any atom is -0.291 e. The fourth-order valence-corrected chi connectivity index (χ4v) is 7.57. The van der Waals surface area contributed by atoms with Crippen LogP contribution in [-0.2, 0) is 5.41 Å². The number of halogens is 1. The van der Waals surface area contributed by atoms with Crippen molar-refractivity contribution >= 4 is 42.7 Å². The van der Waals surface area contributed by atoms with Crippen molar-refractivity contribution in [1.82, 2.24) is 14.5 Å². The van der Waals surface area contributed by atoms with Gasteiger partial charge in [-0.05, 0) is 53.2 Å². The number of hydrogen-bond acceptors (Lipinski definition) is 3. The molecule has 5 heteroatoms. The molecule has 0 fully saturated rings. The Balaban J connectivity index is 1.39. The zero-order chi connectivity index (χ0) is 34.1. The molecule has 5 aromatic carbocycles. The fraction of sp³-hybridized carbons (Fsp3) is 0.122. The molecule has 8 rings (SSSR count). The van der Waals surface area contributed by atoms with Crippen molar-refractivity contribution in [3.63, 3.8) is 0 Å². The summed E-state index contributed by atoms with van der Waals surface area (Å²) >= 11 is 1.65. The lowest BCUT2D eigenvalue weighted by Crippen LogP contribution is -2.16. The second kappa shape index (κ2) is 10.7. The third-order valence-electron chi connectivity index (χ3n) is 8.56. The minimum atomic E-state index is -2.15. The molecule has 0 atom stereocenters. The number of imidazole rings is 1. The van der Waals surface area contributed by atoms with Crippen molar-refractivity contribution in [3.05, 3.63) is 138 Å². The fourth-order valence-electron chi connectivity index (χ4n) is 6.36. The molecular formula is C41H32FN3S. The molecule has 0 saturated carbocycles. The quantitative estimate of drug-likeness (QED) is 0.196. The standard InChI is InChI=1S/C41H32FN3S/c1-25-16-18-26(19-17-25)28-22-36-37(43-24-28)31-13-8-14-32(39(31)46-36)40-44-34-21-20-29(42)23-35(34)45(40)38-30(27-10-6-5-7-11-27)12-9-15-33(38)41(2,3)4/h5-24H,1-4H3/i1D3. The van der Waals surface area contributed by atoms with Crippen molar-refractivity contribution in [2.75, 3.05) is 0 Å². The Morgan fingerprint density at radius 3 is 2.33 bits per heavy atom. The van der Waals surface area contributed by atoms with Crippen molar-refractivity contribution in [2.24, 2.45) is 0 Å². The zero-order valence-corrected chi connectivity index (χ0v) is 26.5. The van der Waals surface area contributed by atoms with Gasteiger partial charge >= 0.3 is 0 Å². The van der Waals surface area contributed by atoms with Crippen molar-refractivity contribution in [1.29, 1.82) is 0 Å². The molecule has 0 saturated heterocycles. The Morgan fingerprint density at radius 1 is 0.761 bits per heavy atom. The molecule has 3 nitrogen and oxygen atoms in total. The summed E-state index contributed by atoms with van der Waals surface area (Å²) in [5, 5.41) is 1.01. The predicted molar refractivity (Wildman–Crippen MR) is 191 cm³/mol. The van der Waals surface area contributed by atoms with Crippen LogP contribution in [0.15, 0.2) is 121 Å². The highest BCUT2D eigenvalue weighted by atomic mass is 32.1. The summed E-state index contributed by atoms with van der Waals surface area (Å²) in [4.78, 5) is 10.1. The number of thiophene rings is 1. The van der Waals surface area contributed by atoms with Crippen LogP contribution in [0.4, 0.5) is 4.39 Å². The molecule has 0 spiro atoms. The monoisotopic (exact) mass is 620 g/mol. The molecule has 0 aliphatic carbocycles. The van der Waals surface area contributed by atoms with E-state index in [4.69, 9.17) is 14.1 Å². The summed E-state index contributed by atoms with van der Waals surface area (Å²) in [6.07, 6.45) is 1.84. The SMILES string of the molecule is [2H]C([2H])([2H])c1ccc(-c2cnc3c(c2)sc2c(-c4nc5ccc(F)cc5n4-c4c(-c5ccccc5)cccc4C(C)(C)C)cccc23)cc1. The molecule has 0 unspecified atom stereocenters. The van der Waals surface area contributed by atoms with Crippen LogP contribution in [0.2, 0.25) is 0 Å². The molecule has 0 aliphatic rings. The molecule has 3 heterocycles. The van der Waals surface area contributed by atoms with E-state index in [1.165, 1.54) is 6.07 Å². The molecule has 0 aliphatic heterocycles. The van der Waals surface area contributed by atoms with E-state index < -0.39 is 6.85 Å². The average molecular weight is 621 g/mol. The summed E-state index contributed by atoms with van der Waals surface area (Å²) in [5.41, 5.74) is 9.32. The van der Waals surface area contributed by atoms with Crippen LogP contribution in [0.25, 0.3) is 70.7 Å². The van der Waals surface area contributed by atoms with Crippen molar-refractivity contribution in [3.8, 4) is 39.3 Å². The van der Waals surface area contributed by atoms with Crippen LogP contribution in [0.3, 0.4) is 0 Å². The highest BCUT2D eigenvalue weighted by Crippen LogP contribution is 2.44. The van der Waals surface area contributed by atoms with Gasteiger partial charge in [0.15, 0.2) is 0 Å². The maximum absolute atomic E-state index is 15.1. The maximum atomic E-state index is 15.1. The summed E-state index contributed by atoms with van der Waals surface area (Å²) in [6, 6.07) is 36.8. The maximum Gasteiger partial charge on any atom is 0.147 e. The topological polar surface area (TPSA) is 30.7 Å². The van der Waals surface area contributed by atoms with Crippen LogP contribution in [-0.4, -0.2) is 14.5 Å². The first-order valence-electron chi connectivity index (χ1n) is 16.8. The molecule has 0 amide bonds. The highest BCUT2D eigenvalue weighted by molar-refractivity contribution is 7.26. The first-order chi connectivity index (χ1) is 23.5. The highest BCUT2D eigenvalue weighted by Gasteiger charge is 2.27. The molecule has 0 radical (unpaired) electrons. The number of nitrogens with zero attached hydrogens (tertiary/aromatic N) is 3. The van der Waals surface area contributed by atoms with E-state index in [-0.39, 0.29) is 11.2 Å². The van der Waals surface area contributed by atoms with Gasteiger partial charge in [0, 0.05) is 43.2 Å². The van der Waals surface area contributed by atoms with E-state index in [1.807, 2.05) is 42.6 Å². The normalized spacial score (nSPS) is 13.3. The van der Waals surface area contributed by atoms with Gasteiger partial charge in [0.05, 0.1) is 26.9 Å². The Labute approximate surface area is 275 Å². The van der Waals surface area contributed by atoms with Gasteiger partial charge in [0.1, 0.15) is 11.6 Å². The molecule has 0 N–H and O–H groups in total. The van der Waals surface area contributed by atoms with Gasteiger partial charge in [0.2, 0.25) is 0 Å². The number of para-hydroxylation sites is 1. The van der Waals surface area contributed by atoms with E-state index >= 15 is 4.39 Å². The third-order valence-corrected chi connectivity index (χ3v) is 9.74. The number of aryl methyl sites for hydroxylation is 1. The largest absolute Gasteiger partial charge is 0.291 e. The lowest BCUT2D eigenvalue weighted by atomic mass is 9.83. The van der Waals surface area contributed by atoms with Crippen molar-refractivity contribution < 1.29 is 8.50 Å². The first-order valence-corrected chi connectivity index (χ1v) is 16.1. The first kappa shape index (κ1) is 25.1. The van der Waals surface area contributed by atoms with E-state index in [0.29, 0.717) is 16.6 Å². The summed E-state index contributed by atoms with van der Waals surface area (Å²) in [6.45, 7) is 4.45. The molecule has 46 heavy (non-hydrogen) atoms. The zero-order valence-electron chi connectivity index (χ0n) is 28.7. The molecule has 3 aromatic heterocycles. The lowest BCUT2D eigenvalue weighted by Gasteiger charge is -2.27. The average Bonchev–Trinajstić information content (AvgIpc) is 3.65. The van der Waals surface area contributed by atoms with E-state index in [2.05, 4.69) is 73.9 Å². The Kier molecular flexibility index (Phi) is 5.87. The number of aromatic nitrogens is 3. The van der Waals surface area contributed by atoms with Crippen LogP contribution < -0.4 is 0 Å². The van der Waals surface area contributed by atoms with Gasteiger partial charge in [-0.1, -0.05) is 111 Å². The van der Waals surface area contributed by atoms with Gasteiger partial charge in [-0.25, -0.2) is 9.37 Å². The van der Waals surface area contributed by atoms with Gasteiger partial charge < -0.3 is 0 Å². The number of rotatable bonds is 4. The second-order valence-electron chi connectivity index (χ2n) is 12.7. The van der Waals surface area contributed by atoms with Crippen LogP contribution >= 0.6 is 11.3 Å². The second-order valence-corrected chi connectivity index (χ2v) is 13.7. The smallest absolute Gasteiger partial charge is 0.147 e.